The fourth-order valence-corrected chi connectivity index (χ4v) is 2.46. The molecule has 0 aromatic heterocycles. The highest BCUT2D eigenvalue weighted by Crippen LogP contribution is 2.26. The number of carbonyl (C=O) groups excluding carboxylic acids is 1. The zero-order valence-corrected chi connectivity index (χ0v) is 11.8. The standard InChI is InChI=1S/C14H28N2O/c1-11(2)16(4)14(17)10-15-12(3)13-8-6-5-7-9-13/h11-13,15H,5-10H2,1-4H3/t12-/m0/s1. The molecule has 1 fully saturated rings. The van der Waals surface area contributed by atoms with E-state index in [1.54, 1.807) is 4.90 Å². The van der Waals surface area contributed by atoms with E-state index in [1.807, 2.05) is 20.9 Å². The van der Waals surface area contributed by atoms with Crippen LogP contribution in [0.15, 0.2) is 0 Å². The van der Waals surface area contributed by atoms with Gasteiger partial charge in [0.2, 0.25) is 5.91 Å². The van der Waals surface area contributed by atoms with E-state index in [9.17, 15) is 4.79 Å². The van der Waals surface area contributed by atoms with Crippen LogP contribution in [0.3, 0.4) is 0 Å². The lowest BCUT2D eigenvalue weighted by Crippen LogP contribution is -2.44. The van der Waals surface area contributed by atoms with Gasteiger partial charge in [0.15, 0.2) is 0 Å². The van der Waals surface area contributed by atoms with Crippen molar-refractivity contribution in [1.29, 1.82) is 0 Å². The molecule has 0 heterocycles. The number of rotatable bonds is 5. The van der Waals surface area contributed by atoms with Gasteiger partial charge in [-0.05, 0) is 39.5 Å². The van der Waals surface area contributed by atoms with Gasteiger partial charge in [0.1, 0.15) is 0 Å². The third-order valence-corrected chi connectivity index (χ3v) is 4.10. The van der Waals surface area contributed by atoms with Gasteiger partial charge in [-0.1, -0.05) is 19.3 Å². The molecule has 1 amide bonds. The van der Waals surface area contributed by atoms with Crippen molar-refractivity contribution in [3.63, 3.8) is 0 Å². The van der Waals surface area contributed by atoms with Crippen molar-refractivity contribution < 1.29 is 4.79 Å². The maximum atomic E-state index is 11.8. The summed E-state index contributed by atoms with van der Waals surface area (Å²) in [7, 11) is 1.87. The maximum absolute atomic E-state index is 11.8. The fourth-order valence-electron chi connectivity index (χ4n) is 2.46. The summed E-state index contributed by atoms with van der Waals surface area (Å²) >= 11 is 0. The minimum atomic E-state index is 0.197. The maximum Gasteiger partial charge on any atom is 0.236 e. The van der Waals surface area contributed by atoms with Gasteiger partial charge < -0.3 is 10.2 Å². The summed E-state index contributed by atoms with van der Waals surface area (Å²) in [4.78, 5) is 13.6. The van der Waals surface area contributed by atoms with Crippen LogP contribution in [0.2, 0.25) is 0 Å². The van der Waals surface area contributed by atoms with E-state index in [2.05, 4.69) is 12.2 Å². The largest absolute Gasteiger partial charge is 0.342 e. The molecule has 3 nitrogen and oxygen atoms in total. The molecule has 0 bridgehead atoms. The number of amides is 1. The Bertz CT molecular complexity index is 234. The molecule has 0 aromatic carbocycles. The van der Waals surface area contributed by atoms with Crippen molar-refractivity contribution in [2.45, 2.75) is 65.0 Å². The SMILES string of the molecule is CC(C)N(C)C(=O)CN[C@@H](C)C1CCCCC1. The number of hydrogen-bond acceptors (Lipinski definition) is 2. The van der Waals surface area contributed by atoms with Crippen LogP contribution < -0.4 is 5.32 Å². The summed E-state index contributed by atoms with van der Waals surface area (Å²) in [6.45, 7) is 6.79. The lowest BCUT2D eigenvalue weighted by Gasteiger charge is -2.29. The zero-order valence-electron chi connectivity index (χ0n) is 11.8. The Balaban J connectivity index is 2.27. The van der Waals surface area contributed by atoms with E-state index >= 15 is 0 Å². The van der Waals surface area contributed by atoms with Crippen LogP contribution in [0.5, 0.6) is 0 Å². The van der Waals surface area contributed by atoms with Crippen molar-refractivity contribution in [2.75, 3.05) is 13.6 Å². The van der Waals surface area contributed by atoms with Gasteiger partial charge in [-0.15, -0.1) is 0 Å². The van der Waals surface area contributed by atoms with Crippen molar-refractivity contribution in [2.24, 2.45) is 5.92 Å². The highest BCUT2D eigenvalue weighted by atomic mass is 16.2. The van der Waals surface area contributed by atoms with Crippen LogP contribution >= 0.6 is 0 Å². The molecule has 100 valence electrons. The third kappa shape index (κ3) is 4.66. The van der Waals surface area contributed by atoms with Crippen molar-refractivity contribution in [1.82, 2.24) is 10.2 Å². The quantitative estimate of drug-likeness (QED) is 0.800. The van der Waals surface area contributed by atoms with Gasteiger partial charge >= 0.3 is 0 Å². The molecule has 17 heavy (non-hydrogen) atoms. The van der Waals surface area contributed by atoms with Gasteiger partial charge in [0, 0.05) is 19.1 Å². The van der Waals surface area contributed by atoms with Crippen LogP contribution in [0.25, 0.3) is 0 Å². The minimum absolute atomic E-state index is 0.197. The lowest BCUT2D eigenvalue weighted by atomic mass is 9.84. The summed E-state index contributed by atoms with van der Waals surface area (Å²) in [6, 6.07) is 0.758. The fraction of sp³-hybridized carbons (Fsp3) is 0.929. The van der Waals surface area contributed by atoms with Crippen molar-refractivity contribution in [3.05, 3.63) is 0 Å². The predicted octanol–water partition coefficient (Wildman–Crippen LogP) is 2.41. The Morgan fingerprint density at radius 2 is 1.82 bits per heavy atom. The van der Waals surface area contributed by atoms with Gasteiger partial charge in [0.25, 0.3) is 0 Å². The molecule has 1 saturated carbocycles. The zero-order chi connectivity index (χ0) is 12.8. The monoisotopic (exact) mass is 240 g/mol. The molecule has 0 spiro atoms. The molecule has 0 aliphatic heterocycles. The molecule has 1 N–H and O–H groups in total. The second-order valence-corrected chi connectivity index (χ2v) is 5.67. The highest BCUT2D eigenvalue weighted by molar-refractivity contribution is 5.78. The molecule has 0 radical (unpaired) electrons. The highest BCUT2D eigenvalue weighted by Gasteiger charge is 2.21. The van der Waals surface area contributed by atoms with Crippen molar-refractivity contribution >= 4 is 5.91 Å². The summed E-state index contributed by atoms with van der Waals surface area (Å²) in [5.41, 5.74) is 0. The summed E-state index contributed by atoms with van der Waals surface area (Å²) in [5.74, 6) is 0.962. The van der Waals surface area contributed by atoms with Crippen LogP contribution in [0.1, 0.15) is 52.9 Å². The topological polar surface area (TPSA) is 32.3 Å². The summed E-state index contributed by atoms with van der Waals surface area (Å²) in [6.07, 6.45) is 6.75. The summed E-state index contributed by atoms with van der Waals surface area (Å²) in [5, 5.41) is 3.40. The molecular weight excluding hydrogens is 212 g/mol. The first-order chi connectivity index (χ1) is 8.02. The van der Waals surface area contributed by atoms with Crippen LogP contribution in [0.4, 0.5) is 0 Å². The molecule has 1 aliphatic carbocycles. The Kier molecular flexibility index (Phi) is 5.96. The second-order valence-electron chi connectivity index (χ2n) is 5.67. The van der Waals surface area contributed by atoms with Crippen LogP contribution in [-0.2, 0) is 4.79 Å². The Morgan fingerprint density at radius 1 is 1.24 bits per heavy atom. The molecule has 1 rings (SSSR count). The molecule has 1 atom stereocenters. The number of likely N-dealkylation sites (N-methyl/N-ethyl adjacent to an activating group) is 1. The van der Waals surface area contributed by atoms with Gasteiger partial charge in [0.05, 0.1) is 6.54 Å². The van der Waals surface area contributed by atoms with E-state index < -0.39 is 0 Å². The normalized spacial score (nSPS) is 19.4. The minimum Gasteiger partial charge on any atom is -0.342 e. The summed E-state index contributed by atoms with van der Waals surface area (Å²) < 4.78 is 0. The molecular formula is C14H28N2O. The third-order valence-electron chi connectivity index (χ3n) is 4.10. The van der Waals surface area contributed by atoms with Crippen molar-refractivity contribution in [3.8, 4) is 0 Å². The number of nitrogens with zero attached hydrogens (tertiary/aromatic N) is 1. The lowest BCUT2D eigenvalue weighted by molar-refractivity contribution is -0.130. The molecule has 0 saturated heterocycles. The number of carbonyl (C=O) groups is 1. The number of hydrogen-bond donors (Lipinski definition) is 1. The van der Waals surface area contributed by atoms with E-state index in [0.717, 1.165) is 5.92 Å². The van der Waals surface area contributed by atoms with Gasteiger partial charge in [-0.25, -0.2) is 0 Å². The Hall–Kier alpha value is -0.570. The van der Waals surface area contributed by atoms with Crippen LogP contribution in [0, 0.1) is 5.92 Å². The first-order valence-electron chi connectivity index (χ1n) is 7.01. The Labute approximate surface area is 106 Å². The first kappa shape index (κ1) is 14.5. The molecule has 0 unspecified atom stereocenters. The van der Waals surface area contributed by atoms with E-state index in [-0.39, 0.29) is 11.9 Å². The van der Waals surface area contributed by atoms with E-state index in [4.69, 9.17) is 0 Å². The second kappa shape index (κ2) is 7.00. The first-order valence-corrected chi connectivity index (χ1v) is 7.01. The average molecular weight is 240 g/mol. The predicted molar refractivity (Wildman–Crippen MR) is 71.9 cm³/mol. The average Bonchev–Trinajstić information content (AvgIpc) is 2.35. The number of nitrogens with one attached hydrogen (secondary N) is 1. The smallest absolute Gasteiger partial charge is 0.236 e. The Morgan fingerprint density at radius 3 is 2.35 bits per heavy atom. The van der Waals surface area contributed by atoms with Crippen LogP contribution in [-0.4, -0.2) is 36.5 Å². The molecule has 1 aliphatic rings. The van der Waals surface area contributed by atoms with E-state index in [1.165, 1.54) is 32.1 Å². The van der Waals surface area contributed by atoms with E-state index in [0.29, 0.717) is 12.6 Å². The molecule has 0 aromatic rings. The van der Waals surface area contributed by atoms with Gasteiger partial charge in [-0.2, -0.15) is 0 Å². The molecule has 3 heteroatoms. The van der Waals surface area contributed by atoms with Gasteiger partial charge in [-0.3, -0.25) is 4.79 Å².